The molecule has 0 aromatic carbocycles. The molecule has 0 aliphatic carbocycles. The first kappa shape index (κ1) is 18.9. The number of hydrogen-bond donors (Lipinski definition) is 0. The van der Waals surface area contributed by atoms with E-state index in [4.69, 9.17) is 0 Å². The lowest BCUT2D eigenvalue weighted by atomic mass is 10.4. The van der Waals surface area contributed by atoms with Gasteiger partial charge in [0, 0.05) is 33.4 Å². The molecule has 8 heteroatoms. The van der Waals surface area contributed by atoms with Gasteiger partial charge in [-0.05, 0) is 19.1 Å². The predicted molar refractivity (Wildman–Crippen MR) is 88.4 cm³/mol. The second kappa shape index (κ2) is 7.94. The molecule has 0 unspecified atom stereocenters. The number of pyridine rings is 1. The Labute approximate surface area is 137 Å². The minimum Gasteiger partial charge on any atom is -0.348 e. The van der Waals surface area contributed by atoms with Crippen LogP contribution in [0.4, 0.5) is 0 Å². The number of aromatic nitrogens is 1. The van der Waals surface area contributed by atoms with Crippen molar-refractivity contribution in [3.63, 3.8) is 0 Å². The summed E-state index contributed by atoms with van der Waals surface area (Å²) in [7, 11) is -0.0879. The lowest BCUT2D eigenvalue weighted by Gasteiger charge is -2.18. The van der Waals surface area contributed by atoms with Crippen molar-refractivity contribution in [2.75, 3.05) is 27.2 Å². The Kier molecular flexibility index (Phi) is 6.83. The van der Waals surface area contributed by atoms with E-state index in [2.05, 4.69) is 4.98 Å². The van der Waals surface area contributed by atoms with E-state index in [0.29, 0.717) is 18.1 Å². The van der Waals surface area contributed by atoms with Crippen molar-refractivity contribution in [2.24, 2.45) is 0 Å². The zero-order valence-corrected chi connectivity index (χ0v) is 15.2. The van der Waals surface area contributed by atoms with Gasteiger partial charge in [0.2, 0.25) is 15.9 Å². The molecule has 0 fully saturated rings. The number of sulfonamides is 1. The smallest absolute Gasteiger partial charge is 0.244 e. The first-order chi connectivity index (χ1) is 10.2. The Morgan fingerprint density at radius 2 is 1.86 bits per heavy atom. The molecule has 0 spiro atoms. The third-order valence-electron chi connectivity index (χ3n) is 3.14. The van der Waals surface area contributed by atoms with Gasteiger partial charge in [0.15, 0.2) is 0 Å². The summed E-state index contributed by atoms with van der Waals surface area (Å²) in [4.78, 5) is 17.7. The Balaban J connectivity index is 2.90. The maximum atomic E-state index is 12.3. The van der Waals surface area contributed by atoms with Gasteiger partial charge < -0.3 is 4.90 Å². The summed E-state index contributed by atoms with van der Waals surface area (Å²) in [5.41, 5.74) is 0. The Bertz CT molecular complexity index is 596. The van der Waals surface area contributed by atoms with E-state index in [-0.39, 0.29) is 16.1 Å². The van der Waals surface area contributed by atoms with E-state index >= 15 is 0 Å². The molecule has 1 heterocycles. The lowest BCUT2D eigenvalue weighted by molar-refractivity contribution is -0.127. The summed E-state index contributed by atoms with van der Waals surface area (Å²) in [5, 5.41) is 0.355. The number of thioether (sulfide) groups is 1. The van der Waals surface area contributed by atoms with Gasteiger partial charge in [-0.1, -0.05) is 25.6 Å². The van der Waals surface area contributed by atoms with Crippen LogP contribution in [-0.2, 0) is 14.8 Å². The van der Waals surface area contributed by atoms with Crippen LogP contribution < -0.4 is 0 Å². The molecular formula is C14H23N3O3S2. The molecule has 0 bridgehead atoms. The number of nitrogens with zero attached hydrogens (tertiary/aromatic N) is 3. The molecule has 0 saturated heterocycles. The minimum absolute atomic E-state index is 0.00774. The van der Waals surface area contributed by atoms with Crippen LogP contribution in [0, 0.1) is 0 Å². The van der Waals surface area contributed by atoms with Crippen molar-refractivity contribution in [2.45, 2.75) is 35.9 Å². The van der Waals surface area contributed by atoms with Crippen molar-refractivity contribution < 1.29 is 13.2 Å². The molecule has 0 radical (unpaired) electrons. The number of carbonyl (C=O) groups is 1. The van der Waals surface area contributed by atoms with Crippen molar-refractivity contribution >= 4 is 27.7 Å². The van der Waals surface area contributed by atoms with Gasteiger partial charge in [-0.3, -0.25) is 4.79 Å². The van der Waals surface area contributed by atoms with Crippen molar-refractivity contribution in [3.05, 3.63) is 18.3 Å². The minimum atomic E-state index is -3.49. The van der Waals surface area contributed by atoms with Crippen LogP contribution in [0.25, 0.3) is 0 Å². The van der Waals surface area contributed by atoms with E-state index in [1.165, 1.54) is 33.2 Å². The van der Waals surface area contributed by atoms with Gasteiger partial charge in [0.25, 0.3) is 0 Å². The SMILES string of the molecule is CCN(CC)S(=O)(=O)c1ccc(S[C@H](C)C(=O)N(C)C)nc1. The van der Waals surface area contributed by atoms with Gasteiger partial charge in [-0.15, -0.1) is 0 Å². The van der Waals surface area contributed by atoms with E-state index in [0.717, 1.165) is 0 Å². The standard InChI is InChI=1S/C14H23N3O3S2/c1-6-17(7-2)22(19,20)12-8-9-13(15-10-12)21-11(3)14(18)16(4)5/h8-11H,6-7H2,1-5H3/t11-/m1/s1. The molecule has 0 saturated carbocycles. The average molecular weight is 345 g/mol. The molecule has 1 amide bonds. The Morgan fingerprint density at radius 3 is 2.27 bits per heavy atom. The van der Waals surface area contributed by atoms with Crippen molar-refractivity contribution in [1.29, 1.82) is 0 Å². The molecule has 1 aromatic heterocycles. The maximum Gasteiger partial charge on any atom is 0.244 e. The van der Waals surface area contributed by atoms with Crippen LogP contribution in [0.3, 0.4) is 0 Å². The first-order valence-electron chi connectivity index (χ1n) is 7.08. The third kappa shape index (κ3) is 4.44. The fourth-order valence-corrected chi connectivity index (χ4v) is 4.23. The highest BCUT2D eigenvalue weighted by molar-refractivity contribution is 8.00. The Hall–Kier alpha value is -1.12. The highest BCUT2D eigenvalue weighted by atomic mass is 32.2. The summed E-state index contributed by atoms with van der Waals surface area (Å²) >= 11 is 1.31. The molecule has 0 aliphatic rings. The molecule has 0 aliphatic heterocycles. The fourth-order valence-electron chi connectivity index (χ4n) is 1.90. The average Bonchev–Trinajstić information content (AvgIpc) is 2.47. The van der Waals surface area contributed by atoms with Crippen molar-refractivity contribution in [1.82, 2.24) is 14.2 Å². The van der Waals surface area contributed by atoms with Crippen LogP contribution >= 0.6 is 11.8 Å². The van der Waals surface area contributed by atoms with Gasteiger partial charge in [-0.25, -0.2) is 13.4 Å². The zero-order valence-electron chi connectivity index (χ0n) is 13.6. The molecule has 1 aromatic rings. The normalized spacial score (nSPS) is 13.2. The van der Waals surface area contributed by atoms with Crippen LogP contribution in [0.5, 0.6) is 0 Å². The van der Waals surface area contributed by atoms with E-state index in [1.807, 2.05) is 0 Å². The fraction of sp³-hybridized carbons (Fsp3) is 0.571. The van der Waals surface area contributed by atoms with Crippen molar-refractivity contribution in [3.8, 4) is 0 Å². The van der Waals surface area contributed by atoms with E-state index < -0.39 is 10.0 Å². The maximum absolute atomic E-state index is 12.3. The number of carbonyl (C=O) groups excluding carboxylic acids is 1. The summed E-state index contributed by atoms with van der Waals surface area (Å²) in [6.45, 7) is 6.24. The van der Waals surface area contributed by atoms with Gasteiger partial charge in [0.05, 0.1) is 10.3 Å². The summed E-state index contributed by atoms with van der Waals surface area (Å²) in [6, 6.07) is 3.18. The predicted octanol–water partition coefficient (Wildman–Crippen LogP) is 1.68. The Morgan fingerprint density at radius 1 is 1.27 bits per heavy atom. The molecule has 1 atom stereocenters. The number of amides is 1. The second-order valence-corrected chi connectivity index (χ2v) is 8.21. The van der Waals surface area contributed by atoms with E-state index in [1.54, 1.807) is 40.9 Å². The molecule has 6 nitrogen and oxygen atoms in total. The van der Waals surface area contributed by atoms with Crippen LogP contribution in [0.1, 0.15) is 20.8 Å². The molecule has 1 rings (SSSR count). The summed E-state index contributed by atoms with van der Waals surface area (Å²) in [6.07, 6.45) is 1.35. The highest BCUT2D eigenvalue weighted by Crippen LogP contribution is 2.24. The third-order valence-corrected chi connectivity index (χ3v) is 6.21. The monoisotopic (exact) mass is 345 g/mol. The second-order valence-electron chi connectivity index (χ2n) is 4.91. The number of rotatable bonds is 7. The highest BCUT2D eigenvalue weighted by Gasteiger charge is 2.22. The zero-order chi connectivity index (χ0) is 16.9. The van der Waals surface area contributed by atoms with Crippen LogP contribution in [-0.4, -0.2) is 60.9 Å². The van der Waals surface area contributed by atoms with Gasteiger partial charge in [0.1, 0.15) is 4.90 Å². The summed E-state index contributed by atoms with van der Waals surface area (Å²) in [5.74, 6) is -0.00774. The van der Waals surface area contributed by atoms with Crippen LogP contribution in [0.15, 0.2) is 28.3 Å². The molecule has 0 N–H and O–H groups in total. The number of hydrogen-bond acceptors (Lipinski definition) is 5. The summed E-state index contributed by atoms with van der Waals surface area (Å²) < 4.78 is 26.1. The molecule has 124 valence electrons. The van der Waals surface area contributed by atoms with Gasteiger partial charge in [-0.2, -0.15) is 4.31 Å². The topological polar surface area (TPSA) is 70.6 Å². The molecular weight excluding hydrogens is 322 g/mol. The van der Waals surface area contributed by atoms with E-state index in [9.17, 15) is 13.2 Å². The quantitative estimate of drug-likeness (QED) is 0.703. The van der Waals surface area contributed by atoms with Crippen LogP contribution in [0.2, 0.25) is 0 Å². The molecule has 22 heavy (non-hydrogen) atoms. The van der Waals surface area contributed by atoms with Gasteiger partial charge >= 0.3 is 0 Å². The first-order valence-corrected chi connectivity index (χ1v) is 9.40. The lowest BCUT2D eigenvalue weighted by Crippen LogP contribution is -2.30. The largest absolute Gasteiger partial charge is 0.348 e.